The summed E-state index contributed by atoms with van der Waals surface area (Å²) >= 11 is 0. The van der Waals surface area contributed by atoms with Gasteiger partial charge in [-0.2, -0.15) is 0 Å². The van der Waals surface area contributed by atoms with Crippen molar-refractivity contribution in [2.75, 3.05) is 0 Å². The van der Waals surface area contributed by atoms with Crippen LogP contribution >= 0.6 is 0 Å². The van der Waals surface area contributed by atoms with Crippen LogP contribution in [0.3, 0.4) is 0 Å². The van der Waals surface area contributed by atoms with E-state index in [1.54, 1.807) is 6.07 Å². The Morgan fingerprint density at radius 3 is 2.67 bits per heavy atom. The molecule has 3 heteroatoms. The Balaban J connectivity index is 1.90. The van der Waals surface area contributed by atoms with Gasteiger partial charge in [-0.05, 0) is 49.8 Å². The van der Waals surface area contributed by atoms with Gasteiger partial charge in [-0.15, -0.1) is 0 Å². The Bertz CT molecular complexity index is 447. The molecule has 1 saturated carbocycles. The fraction of sp³-hybridized carbons (Fsp3) is 0.667. The quantitative estimate of drug-likeness (QED) is 0.721. The number of nitrogens with one attached hydrogen (secondary N) is 1. The minimum absolute atomic E-state index is 0.0628. The summed E-state index contributed by atoms with van der Waals surface area (Å²) in [6, 6.07) is 4.76. The minimum Gasteiger partial charge on any atom is -0.307 e. The Labute approximate surface area is 127 Å². The Morgan fingerprint density at radius 2 is 1.95 bits per heavy atom. The van der Waals surface area contributed by atoms with Crippen LogP contribution in [0.5, 0.6) is 0 Å². The molecule has 1 nitrogen and oxygen atoms in total. The zero-order chi connectivity index (χ0) is 15.2. The van der Waals surface area contributed by atoms with Crippen LogP contribution in [0.15, 0.2) is 18.2 Å². The normalized spacial score (nSPS) is 24.6. The SMILES string of the molecule is CCCC1CCCC(NC(C)c2ccc(F)c(F)c2)CC1. The second-order valence-electron chi connectivity index (χ2n) is 6.42. The lowest BCUT2D eigenvalue weighted by Gasteiger charge is -2.22. The second-order valence-corrected chi connectivity index (χ2v) is 6.42. The molecule has 3 atom stereocenters. The molecule has 0 aliphatic heterocycles. The maximum atomic E-state index is 13.3. The predicted molar refractivity (Wildman–Crippen MR) is 83.2 cm³/mol. The molecule has 1 N–H and O–H groups in total. The number of halogens is 2. The van der Waals surface area contributed by atoms with E-state index in [-0.39, 0.29) is 6.04 Å². The van der Waals surface area contributed by atoms with Crippen LogP contribution in [0.25, 0.3) is 0 Å². The minimum atomic E-state index is -0.775. The van der Waals surface area contributed by atoms with Gasteiger partial charge in [-0.1, -0.05) is 38.7 Å². The summed E-state index contributed by atoms with van der Waals surface area (Å²) in [6.07, 6.45) is 8.89. The molecule has 0 heterocycles. The van der Waals surface area contributed by atoms with Crippen LogP contribution in [0.2, 0.25) is 0 Å². The monoisotopic (exact) mass is 295 g/mol. The van der Waals surface area contributed by atoms with Crippen molar-refractivity contribution in [3.05, 3.63) is 35.4 Å². The molecule has 0 aromatic heterocycles. The Morgan fingerprint density at radius 1 is 1.14 bits per heavy atom. The zero-order valence-corrected chi connectivity index (χ0v) is 13.2. The number of rotatable bonds is 5. The summed E-state index contributed by atoms with van der Waals surface area (Å²) in [5.74, 6) is -0.659. The van der Waals surface area contributed by atoms with Crippen LogP contribution in [0.4, 0.5) is 8.78 Å². The third-order valence-electron chi connectivity index (χ3n) is 4.71. The maximum Gasteiger partial charge on any atom is 0.159 e. The van der Waals surface area contributed by atoms with Gasteiger partial charge in [0.15, 0.2) is 11.6 Å². The van der Waals surface area contributed by atoms with E-state index in [1.165, 1.54) is 57.1 Å². The maximum absolute atomic E-state index is 13.3. The van der Waals surface area contributed by atoms with Crippen molar-refractivity contribution in [1.29, 1.82) is 0 Å². The van der Waals surface area contributed by atoms with Crippen molar-refractivity contribution in [2.45, 2.75) is 70.9 Å². The molecule has 1 aromatic carbocycles. The van der Waals surface area contributed by atoms with Crippen molar-refractivity contribution >= 4 is 0 Å². The molecular formula is C18H27F2N. The van der Waals surface area contributed by atoms with E-state index >= 15 is 0 Å². The standard InChI is InChI=1S/C18H27F2N/c1-3-5-14-6-4-7-16(10-8-14)21-13(2)15-9-11-17(19)18(20)12-15/h9,11-14,16,21H,3-8,10H2,1-2H3. The lowest BCUT2D eigenvalue weighted by Crippen LogP contribution is -2.31. The van der Waals surface area contributed by atoms with Gasteiger partial charge in [-0.3, -0.25) is 0 Å². The molecule has 3 unspecified atom stereocenters. The van der Waals surface area contributed by atoms with Crippen molar-refractivity contribution in [3.8, 4) is 0 Å². The highest BCUT2D eigenvalue weighted by molar-refractivity contribution is 5.20. The summed E-state index contributed by atoms with van der Waals surface area (Å²) in [7, 11) is 0. The second kappa shape index (κ2) is 7.88. The first-order valence-electron chi connectivity index (χ1n) is 8.31. The van der Waals surface area contributed by atoms with E-state index < -0.39 is 11.6 Å². The van der Waals surface area contributed by atoms with Crippen LogP contribution in [-0.2, 0) is 0 Å². The average Bonchev–Trinajstić information content (AvgIpc) is 2.68. The van der Waals surface area contributed by atoms with Crippen LogP contribution in [0.1, 0.15) is 70.4 Å². The van der Waals surface area contributed by atoms with Gasteiger partial charge in [0.2, 0.25) is 0 Å². The van der Waals surface area contributed by atoms with Gasteiger partial charge >= 0.3 is 0 Å². The van der Waals surface area contributed by atoms with Gasteiger partial charge in [0.05, 0.1) is 0 Å². The van der Waals surface area contributed by atoms with E-state index in [0.29, 0.717) is 6.04 Å². The molecule has 0 amide bonds. The third-order valence-corrected chi connectivity index (χ3v) is 4.71. The van der Waals surface area contributed by atoms with E-state index in [0.717, 1.165) is 11.5 Å². The summed E-state index contributed by atoms with van der Waals surface area (Å²) in [5, 5.41) is 3.60. The zero-order valence-electron chi connectivity index (χ0n) is 13.2. The third kappa shape index (κ3) is 4.77. The first-order chi connectivity index (χ1) is 10.1. The first-order valence-corrected chi connectivity index (χ1v) is 8.31. The summed E-state index contributed by atoms with van der Waals surface area (Å²) in [6.45, 7) is 4.28. The molecule has 1 fully saturated rings. The lowest BCUT2D eigenvalue weighted by molar-refractivity contribution is 0.392. The molecule has 0 bridgehead atoms. The van der Waals surface area contributed by atoms with Crippen LogP contribution in [-0.4, -0.2) is 6.04 Å². The van der Waals surface area contributed by atoms with Crippen molar-refractivity contribution < 1.29 is 8.78 Å². The largest absolute Gasteiger partial charge is 0.307 e. The summed E-state index contributed by atoms with van der Waals surface area (Å²) < 4.78 is 26.3. The number of hydrogen-bond acceptors (Lipinski definition) is 1. The van der Waals surface area contributed by atoms with Crippen LogP contribution < -0.4 is 5.32 Å². The van der Waals surface area contributed by atoms with Crippen molar-refractivity contribution in [3.63, 3.8) is 0 Å². The lowest BCUT2D eigenvalue weighted by atomic mass is 9.95. The van der Waals surface area contributed by atoms with Gasteiger partial charge in [-0.25, -0.2) is 8.78 Å². The molecule has 0 radical (unpaired) electrons. The predicted octanol–water partition coefficient (Wildman–Crippen LogP) is 5.36. The molecule has 118 valence electrons. The molecule has 1 aliphatic carbocycles. The van der Waals surface area contributed by atoms with Crippen LogP contribution in [0, 0.1) is 17.6 Å². The fourth-order valence-electron chi connectivity index (χ4n) is 3.47. The molecule has 0 saturated heterocycles. The molecule has 1 aliphatic rings. The highest BCUT2D eigenvalue weighted by atomic mass is 19.2. The van der Waals surface area contributed by atoms with E-state index in [2.05, 4.69) is 12.2 Å². The summed E-state index contributed by atoms with van der Waals surface area (Å²) in [4.78, 5) is 0. The van der Waals surface area contributed by atoms with E-state index in [9.17, 15) is 8.78 Å². The topological polar surface area (TPSA) is 12.0 Å². The summed E-state index contributed by atoms with van der Waals surface area (Å²) in [5.41, 5.74) is 0.822. The smallest absolute Gasteiger partial charge is 0.159 e. The average molecular weight is 295 g/mol. The molecule has 0 spiro atoms. The van der Waals surface area contributed by atoms with Gasteiger partial charge in [0, 0.05) is 12.1 Å². The Hall–Kier alpha value is -0.960. The van der Waals surface area contributed by atoms with Crippen molar-refractivity contribution in [1.82, 2.24) is 5.32 Å². The highest BCUT2D eigenvalue weighted by Gasteiger charge is 2.20. The molecular weight excluding hydrogens is 268 g/mol. The number of benzene rings is 1. The molecule has 21 heavy (non-hydrogen) atoms. The van der Waals surface area contributed by atoms with Gasteiger partial charge in [0.25, 0.3) is 0 Å². The van der Waals surface area contributed by atoms with Crippen molar-refractivity contribution in [2.24, 2.45) is 5.92 Å². The Kier molecular flexibility index (Phi) is 6.16. The van der Waals surface area contributed by atoms with Gasteiger partial charge < -0.3 is 5.32 Å². The fourth-order valence-corrected chi connectivity index (χ4v) is 3.47. The van der Waals surface area contributed by atoms with E-state index in [1.807, 2.05) is 6.92 Å². The highest BCUT2D eigenvalue weighted by Crippen LogP contribution is 2.28. The molecule has 1 aromatic rings. The van der Waals surface area contributed by atoms with Gasteiger partial charge in [0.1, 0.15) is 0 Å². The molecule has 2 rings (SSSR count). The number of hydrogen-bond donors (Lipinski definition) is 1. The van der Waals surface area contributed by atoms with E-state index in [4.69, 9.17) is 0 Å². The first kappa shape index (κ1) is 16.4.